The lowest BCUT2D eigenvalue weighted by molar-refractivity contribution is 0.102. The topological polar surface area (TPSA) is 102 Å². The molecule has 1 amide bonds. The van der Waals surface area contributed by atoms with E-state index in [0.29, 0.717) is 28.8 Å². The number of ether oxygens (including phenoxy) is 1. The monoisotopic (exact) mass is 325 g/mol. The molecule has 2 heterocycles. The van der Waals surface area contributed by atoms with Crippen LogP contribution in [-0.4, -0.2) is 28.1 Å². The van der Waals surface area contributed by atoms with Crippen LogP contribution in [-0.2, 0) is 0 Å². The molecule has 0 aliphatic rings. The lowest BCUT2D eigenvalue weighted by Crippen LogP contribution is -2.14. The Kier molecular flexibility index (Phi) is 4.37. The number of carbonyl (C=O) groups excluding carboxylic acids is 1. The number of methoxy groups -OCH3 is 1. The van der Waals surface area contributed by atoms with Gasteiger partial charge < -0.3 is 19.9 Å². The second-order valence-electron chi connectivity index (χ2n) is 4.92. The van der Waals surface area contributed by atoms with Crippen LogP contribution in [0.3, 0.4) is 0 Å². The molecule has 2 aromatic heterocycles. The molecule has 0 spiro atoms. The van der Waals surface area contributed by atoms with Crippen molar-refractivity contribution in [1.29, 1.82) is 0 Å². The molecule has 0 atom stereocenters. The highest BCUT2D eigenvalue weighted by Gasteiger charge is 2.10. The third kappa shape index (κ3) is 3.67. The Morgan fingerprint density at radius 3 is 2.79 bits per heavy atom. The number of benzene rings is 1. The van der Waals surface area contributed by atoms with Crippen LogP contribution in [0.2, 0.25) is 0 Å². The van der Waals surface area contributed by atoms with Gasteiger partial charge in [-0.15, -0.1) is 0 Å². The molecular formula is C16H15N5O3. The van der Waals surface area contributed by atoms with Gasteiger partial charge in [0, 0.05) is 23.9 Å². The number of aryl methyl sites for hydroxylation is 1. The standard InChI is InChI=1S/C16H15N5O3/c1-10-6-15(21-24-10)20-14-8-13(17-9-18-14)16(22)19-11-4-3-5-12(7-11)23-2/h3-9H,1-2H3,(H,19,22)(H,17,18,20,21). The molecule has 0 unspecified atom stereocenters. The SMILES string of the molecule is COc1cccc(NC(=O)c2cc(Nc3cc(C)on3)ncn2)c1. The number of amides is 1. The van der Waals surface area contributed by atoms with Crippen LogP contribution in [0.5, 0.6) is 5.75 Å². The van der Waals surface area contributed by atoms with Crippen molar-refractivity contribution in [3.63, 3.8) is 0 Å². The lowest BCUT2D eigenvalue weighted by Gasteiger charge is -2.07. The number of hydrogen-bond donors (Lipinski definition) is 2. The Hall–Kier alpha value is -3.42. The summed E-state index contributed by atoms with van der Waals surface area (Å²) < 4.78 is 10.1. The van der Waals surface area contributed by atoms with Gasteiger partial charge in [0.15, 0.2) is 5.82 Å². The first kappa shape index (κ1) is 15.5. The van der Waals surface area contributed by atoms with E-state index in [0.717, 1.165) is 0 Å². The maximum Gasteiger partial charge on any atom is 0.274 e. The van der Waals surface area contributed by atoms with Gasteiger partial charge in [-0.25, -0.2) is 9.97 Å². The summed E-state index contributed by atoms with van der Waals surface area (Å²) in [5.74, 6) is 1.91. The van der Waals surface area contributed by atoms with Crippen molar-refractivity contribution in [3.05, 3.63) is 54.2 Å². The van der Waals surface area contributed by atoms with Gasteiger partial charge in [-0.1, -0.05) is 11.2 Å². The Bertz CT molecular complexity index is 862. The molecular weight excluding hydrogens is 310 g/mol. The van der Waals surface area contributed by atoms with Gasteiger partial charge in [0.1, 0.15) is 29.3 Å². The summed E-state index contributed by atoms with van der Waals surface area (Å²) >= 11 is 0. The molecule has 0 aliphatic heterocycles. The predicted octanol–water partition coefficient (Wildman–Crippen LogP) is 2.78. The maximum atomic E-state index is 12.3. The van der Waals surface area contributed by atoms with E-state index in [1.54, 1.807) is 44.4 Å². The summed E-state index contributed by atoms with van der Waals surface area (Å²) in [5, 5.41) is 9.51. The minimum atomic E-state index is -0.356. The van der Waals surface area contributed by atoms with Crippen molar-refractivity contribution in [3.8, 4) is 5.75 Å². The number of aromatic nitrogens is 3. The van der Waals surface area contributed by atoms with Gasteiger partial charge >= 0.3 is 0 Å². The normalized spacial score (nSPS) is 10.2. The predicted molar refractivity (Wildman–Crippen MR) is 87.5 cm³/mol. The summed E-state index contributed by atoms with van der Waals surface area (Å²) in [7, 11) is 1.56. The van der Waals surface area contributed by atoms with E-state index in [-0.39, 0.29) is 11.6 Å². The summed E-state index contributed by atoms with van der Waals surface area (Å²) in [6.07, 6.45) is 1.30. The van der Waals surface area contributed by atoms with Crippen molar-refractivity contribution in [2.45, 2.75) is 6.92 Å². The van der Waals surface area contributed by atoms with Crippen LogP contribution >= 0.6 is 0 Å². The van der Waals surface area contributed by atoms with Crippen molar-refractivity contribution in [1.82, 2.24) is 15.1 Å². The fourth-order valence-electron chi connectivity index (χ4n) is 2.00. The average molecular weight is 325 g/mol. The maximum absolute atomic E-state index is 12.3. The van der Waals surface area contributed by atoms with Crippen LogP contribution in [0.4, 0.5) is 17.3 Å². The highest BCUT2D eigenvalue weighted by molar-refractivity contribution is 6.03. The summed E-state index contributed by atoms with van der Waals surface area (Å²) in [4.78, 5) is 20.4. The first-order chi connectivity index (χ1) is 11.6. The van der Waals surface area contributed by atoms with E-state index < -0.39 is 0 Å². The number of rotatable bonds is 5. The van der Waals surface area contributed by atoms with Gasteiger partial charge in [-0.05, 0) is 19.1 Å². The highest BCUT2D eigenvalue weighted by Crippen LogP contribution is 2.18. The molecule has 1 aromatic carbocycles. The van der Waals surface area contributed by atoms with Gasteiger partial charge in [0.05, 0.1) is 7.11 Å². The Labute approximate surface area is 137 Å². The first-order valence-corrected chi connectivity index (χ1v) is 7.12. The van der Waals surface area contributed by atoms with Crippen LogP contribution in [0.25, 0.3) is 0 Å². The molecule has 0 bridgehead atoms. The molecule has 8 heteroatoms. The molecule has 3 rings (SSSR count). The Morgan fingerprint density at radius 2 is 2.04 bits per heavy atom. The van der Waals surface area contributed by atoms with Gasteiger partial charge in [-0.3, -0.25) is 4.79 Å². The van der Waals surface area contributed by atoms with Gasteiger partial charge in [0.25, 0.3) is 5.91 Å². The van der Waals surface area contributed by atoms with E-state index in [2.05, 4.69) is 25.8 Å². The molecule has 2 N–H and O–H groups in total. The van der Waals surface area contributed by atoms with E-state index in [1.165, 1.54) is 12.4 Å². The quantitative estimate of drug-likeness (QED) is 0.743. The highest BCUT2D eigenvalue weighted by atomic mass is 16.5. The molecule has 8 nitrogen and oxygen atoms in total. The van der Waals surface area contributed by atoms with E-state index in [1.807, 2.05) is 0 Å². The molecule has 0 fully saturated rings. The molecule has 3 aromatic rings. The minimum absolute atomic E-state index is 0.218. The van der Waals surface area contributed by atoms with Crippen LogP contribution in [0.1, 0.15) is 16.2 Å². The molecule has 122 valence electrons. The summed E-state index contributed by atoms with van der Waals surface area (Å²) in [5.41, 5.74) is 0.829. The average Bonchev–Trinajstić information content (AvgIpc) is 3.00. The molecule has 24 heavy (non-hydrogen) atoms. The second kappa shape index (κ2) is 6.78. The zero-order valence-electron chi connectivity index (χ0n) is 13.1. The van der Waals surface area contributed by atoms with Crippen LogP contribution < -0.4 is 15.4 Å². The fourth-order valence-corrected chi connectivity index (χ4v) is 2.00. The lowest BCUT2D eigenvalue weighted by atomic mass is 10.3. The van der Waals surface area contributed by atoms with Crippen molar-refractivity contribution >= 4 is 23.2 Å². The van der Waals surface area contributed by atoms with E-state index in [4.69, 9.17) is 9.26 Å². The van der Waals surface area contributed by atoms with Crippen molar-refractivity contribution in [2.24, 2.45) is 0 Å². The third-order valence-electron chi connectivity index (χ3n) is 3.11. The number of hydrogen-bond acceptors (Lipinski definition) is 7. The van der Waals surface area contributed by atoms with Crippen LogP contribution in [0, 0.1) is 6.92 Å². The minimum Gasteiger partial charge on any atom is -0.497 e. The summed E-state index contributed by atoms with van der Waals surface area (Å²) in [6, 6.07) is 10.3. The van der Waals surface area contributed by atoms with Crippen molar-refractivity contribution in [2.75, 3.05) is 17.7 Å². The van der Waals surface area contributed by atoms with E-state index >= 15 is 0 Å². The zero-order chi connectivity index (χ0) is 16.9. The number of nitrogens with zero attached hydrogens (tertiary/aromatic N) is 3. The van der Waals surface area contributed by atoms with Crippen LogP contribution in [0.15, 0.2) is 47.2 Å². The number of anilines is 3. The molecule has 0 saturated carbocycles. The number of carbonyl (C=O) groups is 1. The Morgan fingerprint density at radius 1 is 1.17 bits per heavy atom. The Balaban J connectivity index is 1.74. The number of nitrogens with one attached hydrogen (secondary N) is 2. The molecule has 0 aliphatic carbocycles. The van der Waals surface area contributed by atoms with E-state index in [9.17, 15) is 4.79 Å². The summed E-state index contributed by atoms with van der Waals surface area (Å²) in [6.45, 7) is 1.78. The molecule has 0 radical (unpaired) electrons. The zero-order valence-corrected chi connectivity index (χ0v) is 13.1. The second-order valence-corrected chi connectivity index (χ2v) is 4.92. The smallest absolute Gasteiger partial charge is 0.274 e. The largest absolute Gasteiger partial charge is 0.497 e. The molecule has 0 saturated heterocycles. The van der Waals surface area contributed by atoms with Gasteiger partial charge in [0.2, 0.25) is 0 Å². The van der Waals surface area contributed by atoms with Crippen molar-refractivity contribution < 1.29 is 14.1 Å². The fraction of sp³-hybridized carbons (Fsp3) is 0.125. The first-order valence-electron chi connectivity index (χ1n) is 7.12. The van der Waals surface area contributed by atoms with Gasteiger partial charge in [-0.2, -0.15) is 0 Å². The third-order valence-corrected chi connectivity index (χ3v) is 3.11.